The summed E-state index contributed by atoms with van der Waals surface area (Å²) in [5, 5.41) is 1.66. The van der Waals surface area contributed by atoms with E-state index in [1.165, 1.54) is 28.0 Å². The van der Waals surface area contributed by atoms with Gasteiger partial charge in [-0.3, -0.25) is 0 Å². The summed E-state index contributed by atoms with van der Waals surface area (Å²) in [6, 6.07) is 6.78. The second kappa shape index (κ2) is 8.51. The summed E-state index contributed by atoms with van der Waals surface area (Å²) in [6.07, 6.45) is 4.95. The largest absolute Gasteiger partial charge is 0.346 e. The number of benzene rings is 1. The maximum atomic E-state index is 15.9. The molecule has 0 bridgehead atoms. The van der Waals surface area contributed by atoms with Crippen LogP contribution in [0.15, 0.2) is 36.8 Å². The van der Waals surface area contributed by atoms with Gasteiger partial charge in [0.05, 0.1) is 27.0 Å². The molecule has 0 amide bonds. The van der Waals surface area contributed by atoms with Crippen molar-refractivity contribution in [2.75, 3.05) is 13.1 Å². The quantitative estimate of drug-likeness (QED) is 0.412. The van der Waals surface area contributed by atoms with E-state index in [2.05, 4.69) is 35.7 Å². The molecule has 4 aromatic rings. The summed E-state index contributed by atoms with van der Waals surface area (Å²) < 4.78 is 43.1. The smallest absolute Gasteiger partial charge is 0.218 e. The molecule has 0 unspecified atom stereocenters. The normalized spacial score (nSPS) is 15.4. The molecule has 4 heterocycles. The van der Waals surface area contributed by atoms with Gasteiger partial charge in [-0.15, -0.1) is 11.3 Å². The van der Waals surface area contributed by atoms with Crippen LogP contribution in [-0.2, 0) is 21.2 Å². The Labute approximate surface area is 202 Å². The highest BCUT2D eigenvalue weighted by Crippen LogP contribution is 2.43. The zero-order valence-electron chi connectivity index (χ0n) is 19.3. The maximum Gasteiger partial charge on any atom is 0.218 e. The number of rotatable bonds is 5. The predicted molar refractivity (Wildman–Crippen MR) is 133 cm³/mol. The molecule has 0 saturated carbocycles. The Morgan fingerprint density at radius 1 is 1.12 bits per heavy atom. The van der Waals surface area contributed by atoms with E-state index < -0.39 is 15.8 Å². The summed E-state index contributed by atoms with van der Waals surface area (Å²) in [5.41, 5.74) is 1.99. The second-order valence-electron chi connectivity index (χ2n) is 9.55. The molecule has 34 heavy (non-hydrogen) atoms. The first-order chi connectivity index (χ1) is 16.1. The van der Waals surface area contributed by atoms with E-state index in [1.807, 2.05) is 6.07 Å². The Balaban J connectivity index is 1.65. The van der Waals surface area contributed by atoms with Gasteiger partial charge in [-0.1, -0.05) is 32.9 Å². The number of halogens is 1. The average molecular weight is 500 g/mol. The Bertz CT molecular complexity index is 1460. The number of aromatic nitrogens is 4. The van der Waals surface area contributed by atoms with E-state index in [1.54, 1.807) is 18.3 Å². The first kappa shape index (κ1) is 23.1. The van der Waals surface area contributed by atoms with Gasteiger partial charge in [0.2, 0.25) is 10.0 Å². The van der Waals surface area contributed by atoms with E-state index in [-0.39, 0.29) is 22.3 Å². The SMILES string of the molecule is CC(C)(C)c1nc(-c2cccc(CS(=O)(=O)N3CCCC3)c2F)c(-c2ncnc3[nH]ccc23)s1. The van der Waals surface area contributed by atoms with E-state index in [9.17, 15) is 8.42 Å². The van der Waals surface area contributed by atoms with Crippen LogP contribution in [-0.4, -0.2) is 45.7 Å². The molecule has 5 rings (SSSR count). The molecular formula is C24H26FN5O2S2. The number of nitrogens with zero attached hydrogens (tertiary/aromatic N) is 4. The van der Waals surface area contributed by atoms with Gasteiger partial charge in [0.15, 0.2) is 0 Å². The molecule has 1 saturated heterocycles. The van der Waals surface area contributed by atoms with Crippen LogP contribution in [0, 0.1) is 5.82 Å². The Hall–Kier alpha value is -2.69. The lowest BCUT2D eigenvalue weighted by Gasteiger charge is -2.16. The fourth-order valence-corrected chi connectivity index (χ4v) is 6.93. The minimum absolute atomic E-state index is 0.148. The molecule has 1 N–H and O–H groups in total. The third-order valence-electron chi connectivity index (χ3n) is 5.97. The van der Waals surface area contributed by atoms with Gasteiger partial charge in [0.1, 0.15) is 17.8 Å². The van der Waals surface area contributed by atoms with Crippen molar-refractivity contribution in [1.29, 1.82) is 0 Å². The van der Waals surface area contributed by atoms with Crippen LogP contribution in [0.3, 0.4) is 0 Å². The van der Waals surface area contributed by atoms with E-state index >= 15 is 4.39 Å². The Kier molecular flexibility index (Phi) is 5.78. The zero-order valence-corrected chi connectivity index (χ0v) is 20.9. The second-order valence-corrected chi connectivity index (χ2v) is 12.5. The van der Waals surface area contributed by atoms with Crippen LogP contribution >= 0.6 is 11.3 Å². The molecule has 3 aromatic heterocycles. The lowest BCUT2D eigenvalue weighted by Crippen LogP contribution is -2.29. The number of fused-ring (bicyclic) bond motifs is 1. The number of aromatic amines is 1. The van der Waals surface area contributed by atoms with Gasteiger partial charge in [-0.05, 0) is 25.0 Å². The molecule has 1 aliphatic heterocycles. The lowest BCUT2D eigenvalue weighted by molar-refractivity contribution is 0.475. The molecule has 7 nitrogen and oxygen atoms in total. The van der Waals surface area contributed by atoms with Crippen molar-refractivity contribution in [1.82, 2.24) is 24.2 Å². The molecule has 0 atom stereocenters. The molecule has 1 aliphatic rings. The van der Waals surface area contributed by atoms with Gasteiger partial charge in [0.25, 0.3) is 0 Å². The van der Waals surface area contributed by atoms with Crippen molar-refractivity contribution in [3.8, 4) is 21.8 Å². The predicted octanol–water partition coefficient (Wildman–Crippen LogP) is 5.11. The third kappa shape index (κ3) is 4.14. The number of hydrogen-bond donors (Lipinski definition) is 1. The van der Waals surface area contributed by atoms with Crippen molar-refractivity contribution in [2.24, 2.45) is 0 Å². The summed E-state index contributed by atoms with van der Waals surface area (Å²) in [7, 11) is -3.59. The number of hydrogen-bond acceptors (Lipinski definition) is 6. The number of H-pyrrole nitrogens is 1. The standard InChI is InChI=1S/C24H26FN5O2S2/c1-24(2,3)23-29-20(21(33-23)19-17-9-10-26-22(17)28-14-27-19)16-8-6-7-15(18(16)25)13-34(31,32)30-11-4-5-12-30/h6-10,14H,4-5,11-13H2,1-3H3,(H,26,27,28). The van der Waals surface area contributed by atoms with Crippen molar-refractivity contribution >= 4 is 32.4 Å². The summed E-state index contributed by atoms with van der Waals surface area (Å²) in [4.78, 5) is 17.4. The van der Waals surface area contributed by atoms with Crippen molar-refractivity contribution < 1.29 is 12.8 Å². The molecule has 178 valence electrons. The van der Waals surface area contributed by atoms with Crippen molar-refractivity contribution in [3.05, 3.63) is 53.2 Å². The van der Waals surface area contributed by atoms with Gasteiger partial charge >= 0.3 is 0 Å². The van der Waals surface area contributed by atoms with Crippen LogP contribution in [0.25, 0.3) is 32.9 Å². The summed E-state index contributed by atoms with van der Waals surface area (Å²) in [5.74, 6) is -0.926. The monoisotopic (exact) mass is 499 g/mol. The summed E-state index contributed by atoms with van der Waals surface area (Å²) in [6.45, 7) is 7.16. The number of nitrogens with one attached hydrogen (secondary N) is 1. The number of sulfonamides is 1. The van der Waals surface area contributed by atoms with Crippen molar-refractivity contribution in [2.45, 2.75) is 44.8 Å². The molecule has 10 heteroatoms. The van der Waals surface area contributed by atoms with E-state index in [4.69, 9.17) is 4.98 Å². The van der Waals surface area contributed by atoms with Crippen LogP contribution in [0.1, 0.15) is 44.2 Å². The first-order valence-electron chi connectivity index (χ1n) is 11.2. The van der Waals surface area contributed by atoms with Crippen molar-refractivity contribution in [3.63, 3.8) is 0 Å². The van der Waals surface area contributed by atoms with Gasteiger partial charge in [0, 0.05) is 41.2 Å². The molecule has 0 radical (unpaired) electrons. The molecule has 0 spiro atoms. The Morgan fingerprint density at radius 3 is 2.62 bits per heavy atom. The highest BCUT2D eigenvalue weighted by molar-refractivity contribution is 7.88. The molecule has 1 aromatic carbocycles. The molecule has 1 fully saturated rings. The Morgan fingerprint density at radius 2 is 1.88 bits per heavy atom. The van der Waals surface area contributed by atoms with Gasteiger partial charge in [-0.25, -0.2) is 32.1 Å². The summed E-state index contributed by atoms with van der Waals surface area (Å²) >= 11 is 1.47. The van der Waals surface area contributed by atoms with Crippen LogP contribution in [0.2, 0.25) is 0 Å². The number of thiazole rings is 1. The highest BCUT2D eigenvalue weighted by atomic mass is 32.2. The minimum atomic E-state index is -3.59. The van der Waals surface area contributed by atoms with E-state index in [0.717, 1.165) is 28.1 Å². The van der Waals surface area contributed by atoms with Gasteiger partial charge < -0.3 is 4.98 Å². The topological polar surface area (TPSA) is 91.8 Å². The van der Waals surface area contributed by atoms with Crippen LogP contribution in [0.4, 0.5) is 4.39 Å². The zero-order chi connectivity index (χ0) is 24.1. The third-order valence-corrected chi connectivity index (χ3v) is 9.28. The fraction of sp³-hybridized carbons (Fsp3) is 0.375. The van der Waals surface area contributed by atoms with Crippen LogP contribution < -0.4 is 0 Å². The fourth-order valence-electron chi connectivity index (χ4n) is 4.17. The minimum Gasteiger partial charge on any atom is -0.346 e. The average Bonchev–Trinajstić information content (AvgIpc) is 3.54. The molecule has 0 aliphatic carbocycles. The maximum absolute atomic E-state index is 15.9. The lowest BCUT2D eigenvalue weighted by atomic mass is 9.98. The first-order valence-corrected chi connectivity index (χ1v) is 13.6. The highest BCUT2D eigenvalue weighted by Gasteiger charge is 2.29. The van der Waals surface area contributed by atoms with Crippen LogP contribution in [0.5, 0.6) is 0 Å². The van der Waals surface area contributed by atoms with E-state index in [0.29, 0.717) is 30.1 Å². The molecular weight excluding hydrogens is 473 g/mol. The van der Waals surface area contributed by atoms with Gasteiger partial charge in [-0.2, -0.15) is 0 Å².